The van der Waals surface area contributed by atoms with Gasteiger partial charge in [-0.2, -0.15) is 0 Å². The standard InChI is InChI=1S/C13H13NO3/c1-16-11-5-3-4-9-6-7-14-10(13(9)11)8-12(15)17-2/h3-7H,8H2,1-2H3. The maximum absolute atomic E-state index is 11.3. The van der Waals surface area contributed by atoms with Gasteiger partial charge in [-0.1, -0.05) is 12.1 Å². The number of nitrogens with zero attached hydrogens (tertiary/aromatic N) is 1. The molecular weight excluding hydrogens is 218 g/mol. The van der Waals surface area contributed by atoms with Crippen molar-refractivity contribution in [2.75, 3.05) is 14.2 Å². The van der Waals surface area contributed by atoms with Crippen molar-refractivity contribution >= 4 is 16.7 Å². The van der Waals surface area contributed by atoms with E-state index >= 15 is 0 Å². The summed E-state index contributed by atoms with van der Waals surface area (Å²) in [5.74, 6) is 0.408. The highest BCUT2D eigenvalue weighted by molar-refractivity contribution is 5.92. The average Bonchev–Trinajstić information content (AvgIpc) is 2.38. The van der Waals surface area contributed by atoms with Crippen molar-refractivity contribution in [2.45, 2.75) is 6.42 Å². The molecule has 0 unspecified atom stereocenters. The Labute approximate surface area is 99.2 Å². The monoisotopic (exact) mass is 231 g/mol. The van der Waals surface area contributed by atoms with Gasteiger partial charge in [0.25, 0.3) is 0 Å². The van der Waals surface area contributed by atoms with E-state index in [0.717, 1.165) is 16.5 Å². The number of esters is 1. The maximum atomic E-state index is 11.3. The van der Waals surface area contributed by atoms with Gasteiger partial charge in [0.05, 0.1) is 26.3 Å². The largest absolute Gasteiger partial charge is 0.496 e. The molecule has 0 spiro atoms. The van der Waals surface area contributed by atoms with Crippen LogP contribution in [-0.2, 0) is 16.0 Å². The molecular formula is C13H13NO3. The summed E-state index contributed by atoms with van der Waals surface area (Å²) in [5.41, 5.74) is 0.673. The van der Waals surface area contributed by atoms with Crippen molar-refractivity contribution in [3.8, 4) is 5.75 Å². The van der Waals surface area contributed by atoms with Crippen molar-refractivity contribution < 1.29 is 14.3 Å². The first-order valence-corrected chi connectivity index (χ1v) is 5.23. The molecule has 0 aliphatic heterocycles. The van der Waals surface area contributed by atoms with Gasteiger partial charge in [-0.25, -0.2) is 0 Å². The van der Waals surface area contributed by atoms with Crippen LogP contribution in [0.4, 0.5) is 0 Å². The van der Waals surface area contributed by atoms with Crippen LogP contribution in [0.5, 0.6) is 5.75 Å². The molecule has 1 aromatic carbocycles. The average molecular weight is 231 g/mol. The molecule has 4 nitrogen and oxygen atoms in total. The molecule has 2 rings (SSSR count). The molecule has 0 aliphatic rings. The summed E-state index contributed by atoms with van der Waals surface area (Å²) in [4.78, 5) is 15.5. The lowest BCUT2D eigenvalue weighted by molar-refractivity contribution is -0.139. The summed E-state index contributed by atoms with van der Waals surface area (Å²) in [6.07, 6.45) is 1.83. The van der Waals surface area contributed by atoms with Gasteiger partial charge >= 0.3 is 5.97 Å². The quantitative estimate of drug-likeness (QED) is 0.758. The topological polar surface area (TPSA) is 48.4 Å². The number of carbonyl (C=O) groups excluding carboxylic acids is 1. The summed E-state index contributed by atoms with van der Waals surface area (Å²) in [5, 5.41) is 1.86. The summed E-state index contributed by atoms with van der Waals surface area (Å²) in [6, 6.07) is 7.60. The van der Waals surface area contributed by atoms with E-state index in [2.05, 4.69) is 9.72 Å². The van der Waals surface area contributed by atoms with Crippen molar-refractivity contribution in [1.29, 1.82) is 0 Å². The molecule has 88 valence electrons. The zero-order valence-corrected chi connectivity index (χ0v) is 9.77. The molecule has 0 atom stereocenters. The first-order valence-electron chi connectivity index (χ1n) is 5.23. The van der Waals surface area contributed by atoms with Crippen LogP contribution in [0, 0.1) is 0 Å². The second-order valence-corrected chi connectivity index (χ2v) is 3.57. The fourth-order valence-corrected chi connectivity index (χ4v) is 1.78. The summed E-state index contributed by atoms with van der Waals surface area (Å²) in [6.45, 7) is 0. The number of carbonyl (C=O) groups is 1. The third kappa shape index (κ3) is 2.20. The van der Waals surface area contributed by atoms with Crippen LogP contribution in [0.2, 0.25) is 0 Å². The minimum Gasteiger partial charge on any atom is -0.496 e. The van der Waals surface area contributed by atoms with E-state index in [-0.39, 0.29) is 12.4 Å². The minimum absolute atomic E-state index is 0.147. The van der Waals surface area contributed by atoms with Gasteiger partial charge in [0, 0.05) is 11.6 Å². The zero-order valence-electron chi connectivity index (χ0n) is 9.77. The molecule has 0 saturated heterocycles. The van der Waals surface area contributed by atoms with Gasteiger partial charge in [-0.3, -0.25) is 9.78 Å². The SMILES string of the molecule is COC(=O)Cc1nccc2cccc(OC)c12. The highest BCUT2D eigenvalue weighted by Gasteiger charge is 2.11. The van der Waals surface area contributed by atoms with Gasteiger partial charge in [0.2, 0.25) is 0 Å². The van der Waals surface area contributed by atoms with Crippen LogP contribution in [-0.4, -0.2) is 25.2 Å². The normalized spacial score (nSPS) is 10.2. The van der Waals surface area contributed by atoms with Gasteiger partial charge < -0.3 is 9.47 Å². The van der Waals surface area contributed by atoms with E-state index in [4.69, 9.17) is 4.74 Å². The van der Waals surface area contributed by atoms with E-state index in [1.165, 1.54) is 7.11 Å². The highest BCUT2D eigenvalue weighted by Crippen LogP contribution is 2.27. The fraction of sp³-hybridized carbons (Fsp3) is 0.231. The molecule has 0 amide bonds. The Bertz CT molecular complexity index is 546. The van der Waals surface area contributed by atoms with E-state index in [1.807, 2.05) is 24.3 Å². The number of methoxy groups -OCH3 is 2. The molecule has 4 heteroatoms. The van der Waals surface area contributed by atoms with Gasteiger partial charge in [-0.05, 0) is 17.5 Å². The summed E-state index contributed by atoms with van der Waals surface area (Å²) < 4.78 is 9.95. The highest BCUT2D eigenvalue weighted by atomic mass is 16.5. The van der Waals surface area contributed by atoms with E-state index in [9.17, 15) is 4.79 Å². The van der Waals surface area contributed by atoms with Crippen molar-refractivity contribution in [2.24, 2.45) is 0 Å². The number of ether oxygens (including phenoxy) is 2. The van der Waals surface area contributed by atoms with Crippen LogP contribution in [0.15, 0.2) is 30.5 Å². The Morgan fingerprint density at radius 1 is 1.29 bits per heavy atom. The van der Waals surface area contributed by atoms with Crippen molar-refractivity contribution in [3.63, 3.8) is 0 Å². The molecule has 1 aromatic heterocycles. The van der Waals surface area contributed by atoms with Crippen LogP contribution in [0.3, 0.4) is 0 Å². The van der Waals surface area contributed by atoms with Gasteiger partial charge in [-0.15, -0.1) is 0 Å². The summed E-state index contributed by atoms with van der Waals surface area (Å²) in [7, 11) is 2.97. The minimum atomic E-state index is -0.309. The smallest absolute Gasteiger partial charge is 0.311 e. The second-order valence-electron chi connectivity index (χ2n) is 3.57. The van der Waals surface area contributed by atoms with Crippen LogP contribution in [0.25, 0.3) is 10.8 Å². The first-order chi connectivity index (χ1) is 8.26. The molecule has 0 saturated carbocycles. The molecule has 0 fully saturated rings. The third-order valence-corrected chi connectivity index (χ3v) is 2.59. The summed E-state index contributed by atoms with van der Waals surface area (Å²) >= 11 is 0. The molecule has 0 aliphatic carbocycles. The van der Waals surface area contributed by atoms with E-state index in [1.54, 1.807) is 13.3 Å². The number of fused-ring (bicyclic) bond motifs is 1. The molecule has 2 aromatic rings. The second kappa shape index (κ2) is 4.82. The lowest BCUT2D eigenvalue weighted by Gasteiger charge is -2.08. The molecule has 0 N–H and O–H groups in total. The number of hydrogen-bond acceptors (Lipinski definition) is 4. The number of benzene rings is 1. The molecule has 1 heterocycles. The Morgan fingerprint density at radius 2 is 2.12 bits per heavy atom. The predicted octanol–water partition coefficient (Wildman–Crippen LogP) is 1.96. The Balaban J connectivity index is 2.58. The number of rotatable bonds is 3. The number of pyridine rings is 1. The Morgan fingerprint density at radius 3 is 2.82 bits per heavy atom. The zero-order chi connectivity index (χ0) is 12.3. The molecule has 0 radical (unpaired) electrons. The van der Waals surface area contributed by atoms with Crippen molar-refractivity contribution in [3.05, 3.63) is 36.2 Å². The number of aromatic nitrogens is 1. The van der Waals surface area contributed by atoms with Crippen molar-refractivity contribution in [1.82, 2.24) is 4.98 Å². The molecule has 0 bridgehead atoms. The maximum Gasteiger partial charge on any atom is 0.311 e. The lowest BCUT2D eigenvalue weighted by Crippen LogP contribution is -2.06. The van der Waals surface area contributed by atoms with Crippen LogP contribution in [0.1, 0.15) is 5.69 Å². The Kier molecular flexibility index (Phi) is 3.23. The number of hydrogen-bond donors (Lipinski definition) is 0. The van der Waals surface area contributed by atoms with Crippen LogP contribution < -0.4 is 4.74 Å². The first kappa shape index (κ1) is 11.4. The predicted molar refractivity (Wildman–Crippen MR) is 64.0 cm³/mol. The van der Waals surface area contributed by atoms with Gasteiger partial charge in [0.1, 0.15) is 5.75 Å². The Hall–Kier alpha value is -2.10. The van der Waals surface area contributed by atoms with Crippen LogP contribution >= 0.6 is 0 Å². The lowest BCUT2D eigenvalue weighted by atomic mass is 10.1. The molecule has 17 heavy (non-hydrogen) atoms. The van der Waals surface area contributed by atoms with E-state index < -0.39 is 0 Å². The van der Waals surface area contributed by atoms with Gasteiger partial charge in [0.15, 0.2) is 0 Å². The van der Waals surface area contributed by atoms with E-state index in [0.29, 0.717) is 5.69 Å². The fourth-order valence-electron chi connectivity index (χ4n) is 1.78. The third-order valence-electron chi connectivity index (χ3n) is 2.59.